The molecule has 0 bridgehead atoms. The lowest BCUT2D eigenvalue weighted by Crippen LogP contribution is -2.39. The fourth-order valence-electron chi connectivity index (χ4n) is 3.49. The summed E-state index contributed by atoms with van der Waals surface area (Å²) in [7, 11) is 0. The third-order valence-corrected chi connectivity index (χ3v) is 4.90. The van der Waals surface area contributed by atoms with E-state index in [1.54, 1.807) is 36.9 Å². The third-order valence-electron chi connectivity index (χ3n) is 4.90. The number of pyridine rings is 1. The van der Waals surface area contributed by atoms with Crippen molar-refractivity contribution < 1.29 is 9.53 Å². The van der Waals surface area contributed by atoms with Gasteiger partial charge in [0.2, 0.25) is 5.88 Å². The van der Waals surface area contributed by atoms with Crippen molar-refractivity contribution in [2.24, 2.45) is 0 Å². The van der Waals surface area contributed by atoms with Gasteiger partial charge in [-0.05, 0) is 49.6 Å². The highest BCUT2D eigenvalue weighted by molar-refractivity contribution is 5.94. The molecule has 2 aromatic heterocycles. The summed E-state index contributed by atoms with van der Waals surface area (Å²) in [5.74, 6) is 1.39. The summed E-state index contributed by atoms with van der Waals surface area (Å²) in [4.78, 5) is 27.6. The number of nitrogens with zero attached hydrogens (tertiary/aromatic N) is 4. The number of aromatic nitrogens is 3. The molecule has 1 aliphatic heterocycles. The molecule has 6 nitrogen and oxygen atoms in total. The second-order valence-corrected chi connectivity index (χ2v) is 7.03. The van der Waals surface area contributed by atoms with E-state index in [0.717, 1.165) is 36.4 Å². The molecule has 0 aliphatic carbocycles. The van der Waals surface area contributed by atoms with Gasteiger partial charge in [-0.2, -0.15) is 0 Å². The summed E-state index contributed by atoms with van der Waals surface area (Å²) in [6, 6.07) is 11.3. The van der Waals surface area contributed by atoms with Crippen molar-refractivity contribution >= 4 is 5.91 Å². The lowest BCUT2D eigenvalue weighted by atomic mass is 9.94. The van der Waals surface area contributed by atoms with E-state index >= 15 is 0 Å². The number of rotatable bonds is 4. The molecular formula is C22H22N4O2. The molecule has 4 rings (SSSR count). The minimum absolute atomic E-state index is 0.0345. The van der Waals surface area contributed by atoms with Gasteiger partial charge in [-0.3, -0.25) is 14.8 Å². The van der Waals surface area contributed by atoms with Gasteiger partial charge in [0.05, 0.1) is 11.9 Å². The quantitative estimate of drug-likeness (QED) is 0.691. The zero-order chi connectivity index (χ0) is 19.3. The molecule has 0 radical (unpaired) electrons. The van der Waals surface area contributed by atoms with E-state index < -0.39 is 0 Å². The van der Waals surface area contributed by atoms with Crippen molar-refractivity contribution in [1.29, 1.82) is 0 Å². The molecular weight excluding hydrogens is 352 g/mol. The SMILES string of the molecule is Cc1cccc(Oc2cncc(C3CCCN(C(=O)c4ccncc4)C3)n2)c1. The van der Waals surface area contributed by atoms with Gasteiger partial charge in [0, 0.05) is 43.2 Å². The number of hydrogen-bond acceptors (Lipinski definition) is 5. The van der Waals surface area contributed by atoms with Crippen LogP contribution in [0.15, 0.2) is 61.2 Å². The molecule has 1 aromatic carbocycles. The number of likely N-dealkylation sites (tertiary alicyclic amines) is 1. The summed E-state index contributed by atoms with van der Waals surface area (Å²) >= 11 is 0. The van der Waals surface area contributed by atoms with Crippen LogP contribution >= 0.6 is 0 Å². The predicted octanol–water partition coefficient (Wildman–Crippen LogP) is 3.99. The minimum Gasteiger partial charge on any atom is -0.437 e. The van der Waals surface area contributed by atoms with Crippen LogP contribution in [0.5, 0.6) is 11.6 Å². The largest absolute Gasteiger partial charge is 0.437 e. The van der Waals surface area contributed by atoms with E-state index in [1.807, 2.05) is 36.1 Å². The van der Waals surface area contributed by atoms with Crippen molar-refractivity contribution in [3.63, 3.8) is 0 Å². The number of benzene rings is 1. The number of hydrogen-bond donors (Lipinski definition) is 0. The molecule has 1 saturated heterocycles. The van der Waals surface area contributed by atoms with Gasteiger partial charge < -0.3 is 9.64 Å². The number of ether oxygens (including phenoxy) is 1. The van der Waals surface area contributed by atoms with Gasteiger partial charge >= 0.3 is 0 Å². The molecule has 142 valence electrons. The van der Waals surface area contributed by atoms with E-state index in [9.17, 15) is 4.79 Å². The molecule has 1 amide bonds. The first-order chi connectivity index (χ1) is 13.7. The van der Waals surface area contributed by atoms with Crippen LogP contribution in [-0.2, 0) is 0 Å². The van der Waals surface area contributed by atoms with Gasteiger partial charge in [0.25, 0.3) is 5.91 Å². The van der Waals surface area contributed by atoms with Crippen LogP contribution in [0.1, 0.15) is 40.4 Å². The van der Waals surface area contributed by atoms with E-state index in [-0.39, 0.29) is 11.8 Å². The Balaban J connectivity index is 1.48. The molecule has 1 unspecified atom stereocenters. The van der Waals surface area contributed by atoms with Crippen LogP contribution in [0.4, 0.5) is 0 Å². The van der Waals surface area contributed by atoms with Crippen molar-refractivity contribution in [1.82, 2.24) is 19.9 Å². The van der Waals surface area contributed by atoms with Crippen molar-refractivity contribution in [2.45, 2.75) is 25.7 Å². The molecule has 1 atom stereocenters. The van der Waals surface area contributed by atoms with E-state index in [1.165, 1.54) is 0 Å². The first-order valence-electron chi connectivity index (χ1n) is 9.45. The van der Waals surface area contributed by atoms with Crippen LogP contribution in [0.3, 0.4) is 0 Å². The lowest BCUT2D eigenvalue weighted by molar-refractivity contribution is 0.0705. The predicted molar refractivity (Wildman–Crippen MR) is 105 cm³/mol. The minimum atomic E-state index is 0.0345. The molecule has 6 heteroatoms. The van der Waals surface area contributed by atoms with E-state index in [0.29, 0.717) is 18.0 Å². The Kier molecular flexibility index (Phi) is 5.28. The molecule has 3 aromatic rings. The average molecular weight is 374 g/mol. The number of carbonyl (C=O) groups excluding carboxylic acids is 1. The molecule has 0 N–H and O–H groups in total. The van der Waals surface area contributed by atoms with Gasteiger partial charge in [-0.15, -0.1) is 0 Å². The molecule has 1 fully saturated rings. The Morgan fingerprint density at radius 3 is 2.82 bits per heavy atom. The average Bonchev–Trinajstić information content (AvgIpc) is 2.74. The molecule has 0 saturated carbocycles. The normalized spacial score (nSPS) is 16.6. The van der Waals surface area contributed by atoms with Crippen LogP contribution in [-0.4, -0.2) is 38.8 Å². The topological polar surface area (TPSA) is 68.2 Å². The highest BCUT2D eigenvalue weighted by Gasteiger charge is 2.26. The van der Waals surface area contributed by atoms with Crippen LogP contribution in [0.25, 0.3) is 0 Å². The summed E-state index contributed by atoms with van der Waals surface area (Å²) in [6.45, 7) is 3.40. The second kappa shape index (κ2) is 8.17. The van der Waals surface area contributed by atoms with Crippen LogP contribution in [0, 0.1) is 6.92 Å². The van der Waals surface area contributed by atoms with Gasteiger partial charge in [0.1, 0.15) is 5.75 Å². The highest BCUT2D eigenvalue weighted by Crippen LogP contribution is 2.28. The maximum Gasteiger partial charge on any atom is 0.253 e. The van der Waals surface area contributed by atoms with E-state index in [2.05, 4.69) is 15.0 Å². The number of aryl methyl sites for hydroxylation is 1. The van der Waals surface area contributed by atoms with Gasteiger partial charge in [0.15, 0.2) is 0 Å². The highest BCUT2D eigenvalue weighted by atomic mass is 16.5. The zero-order valence-electron chi connectivity index (χ0n) is 15.8. The monoisotopic (exact) mass is 374 g/mol. The fourth-order valence-corrected chi connectivity index (χ4v) is 3.49. The fraction of sp³-hybridized carbons (Fsp3) is 0.273. The Morgan fingerprint density at radius 2 is 2.00 bits per heavy atom. The zero-order valence-corrected chi connectivity index (χ0v) is 15.8. The number of amides is 1. The standard InChI is InChI=1S/C22H22N4O2/c1-16-4-2-6-19(12-16)28-21-14-24-13-20(25-21)18-5-3-11-26(15-18)22(27)17-7-9-23-10-8-17/h2,4,6-10,12-14,18H,3,5,11,15H2,1H3. The summed E-state index contributed by atoms with van der Waals surface area (Å²) in [5.41, 5.74) is 2.65. The summed E-state index contributed by atoms with van der Waals surface area (Å²) in [5, 5.41) is 0. The summed E-state index contributed by atoms with van der Waals surface area (Å²) < 4.78 is 5.87. The summed E-state index contributed by atoms with van der Waals surface area (Å²) in [6.07, 6.45) is 8.59. The van der Waals surface area contributed by atoms with E-state index in [4.69, 9.17) is 4.74 Å². The molecule has 3 heterocycles. The van der Waals surface area contributed by atoms with Crippen LogP contribution < -0.4 is 4.74 Å². The molecule has 28 heavy (non-hydrogen) atoms. The molecule has 0 spiro atoms. The smallest absolute Gasteiger partial charge is 0.253 e. The number of piperidine rings is 1. The number of carbonyl (C=O) groups is 1. The van der Waals surface area contributed by atoms with Crippen molar-refractivity contribution in [3.05, 3.63) is 78.0 Å². The van der Waals surface area contributed by atoms with Crippen LogP contribution in [0.2, 0.25) is 0 Å². The second-order valence-electron chi connectivity index (χ2n) is 7.03. The third kappa shape index (κ3) is 4.17. The van der Waals surface area contributed by atoms with Gasteiger partial charge in [-0.25, -0.2) is 4.98 Å². The van der Waals surface area contributed by atoms with Gasteiger partial charge in [-0.1, -0.05) is 12.1 Å². The maximum atomic E-state index is 12.8. The molecule has 1 aliphatic rings. The van der Waals surface area contributed by atoms with Crippen molar-refractivity contribution in [3.8, 4) is 11.6 Å². The lowest BCUT2D eigenvalue weighted by Gasteiger charge is -2.32. The first kappa shape index (κ1) is 18.1. The first-order valence-corrected chi connectivity index (χ1v) is 9.45. The Bertz CT molecular complexity index is 962. The maximum absolute atomic E-state index is 12.8. The Morgan fingerprint density at radius 1 is 1.14 bits per heavy atom. The Hall–Kier alpha value is -3.28. The Labute approximate surface area is 164 Å². The van der Waals surface area contributed by atoms with Crippen molar-refractivity contribution in [2.75, 3.05) is 13.1 Å².